The number of carbonyl (C=O) groups is 5. The highest BCUT2D eigenvalue weighted by molar-refractivity contribution is 6.08. The molecule has 0 saturated carbocycles. The topological polar surface area (TPSA) is 161 Å². The molecule has 0 radical (unpaired) electrons. The van der Waals surface area contributed by atoms with Crippen molar-refractivity contribution in [3.63, 3.8) is 0 Å². The Kier molecular flexibility index (Phi) is 9.82. The van der Waals surface area contributed by atoms with Gasteiger partial charge in [-0.05, 0) is 48.2 Å². The maximum atomic E-state index is 14.0. The molecule has 3 aromatic carbocycles. The molecule has 3 N–H and O–H groups in total. The number of Topliss-reactive ketones (excluding diaryl/α,β-unsaturated/α-hetero) is 1. The summed E-state index contributed by atoms with van der Waals surface area (Å²) in [6.07, 6.45) is -1.51. The highest BCUT2D eigenvalue weighted by Crippen LogP contribution is 2.39. The molecule has 3 aromatic rings. The summed E-state index contributed by atoms with van der Waals surface area (Å²) in [6.45, 7) is -1.27. The van der Waals surface area contributed by atoms with Gasteiger partial charge in [-0.3, -0.25) is 24.1 Å². The molecular weight excluding hydrogens is 646 g/mol. The molecule has 2 heterocycles. The number of benzene rings is 3. The predicted octanol–water partition coefficient (Wildman–Crippen LogP) is 3.22. The van der Waals surface area contributed by atoms with Crippen LogP contribution in [0.4, 0.5) is 28.0 Å². The Labute approximate surface area is 269 Å². The number of amides is 3. The van der Waals surface area contributed by atoms with Crippen molar-refractivity contribution in [3.05, 3.63) is 82.9 Å². The number of carboxylic acids is 1. The van der Waals surface area contributed by atoms with Crippen LogP contribution in [0.3, 0.4) is 0 Å². The summed E-state index contributed by atoms with van der Waals surface area (Å²) in [6, 6.07) is 6.92. The molecular formula is C32H27F4N3O9. The number of carbonyl (C=O) groups excluding carboxylic acids is 4. The summed E-state index contributed by atoms with van der Waals surface area (Å²) in [7, 11) is 1.47. The van der Waals surface area contributed by atoms with Gasteiger partial charge in [-0.2, -0.15) is 8.78 Å². The maximum absolute atomic E-state index is 14.0. The molecule has 3 amide bonds. The van der Waals surface area contributed by atoms with E-state index in [9.17, 15) is 46.6 Å². The van der Waals surface area contributed by atoms with E-state index in [4.69, 9.17) is 9.47 Å². The average Bonchev–Trinajstić information content (AvgIpc) is 3.39. The first-order chi connectivity index (χ1) is 22.9. The number of hydrogen-bond donors (Lipinski definition) is 3. The Morgan fingerprint density at radius 3 is 2.27 bits per heavy atom. The van der Waals surface area contributed by atoms with Crippen molar-refractivity contribution in [2.75, 3.05) is 18.6 Å². The highest BCUT2D eigenvalue weighted by atomic mass is 19.2. The summed E-state index contributed by atoms with van der Waals surface area (Å²) in [5.41, 5.74) is 1.73. The smallest absolute Gasteiger partial charge is 0.413 e. The molecule has 2 aliphatic heterocycles. The van der Waals surface area contributed by atoms with Crippen LogP contribution in [0.5, 0.6) is 17.2 Å². The Balaban J connectivity index is 1.33. The first-order valence-corrected chi connectivity index (χ1v) is 14.4. The van der Waals surface area contributed by atoms with Crippen LogP contribution >= 0.6 is 0 Å². The molecule has 2 aliphatic rings. The van der Waals surface area contributed by atoms with E-state index in [0.29, 0.717) is 29.0 Å². The number of para-hydroxylation sites is 1. The number of hydrogen-bond acceptors (Lipinski definition) is 8. The highest BCUT2D eigenvalue weighted by Gasteiger charge is 2.45. The van der Waals surface area contributed by atoms with Crippen molar-refractivity contribution in [2.24, 2.45) is 0 Å². The number of anilines is 1. The van der Waals surface area contributed by atoms with E-state index in [1.165, 1.54) is 24.1 Å². The molecule has 16 heteroatoms. The van der Waals surface area contributed by atoms with Gasteiger partial charge in [0, 0.05) is 12.5 Å². The monoisotopic (exact) mass is 673 g/mol. The second kappa shape index (κ2) is 14.0. The molecule has 0 spiro atoms. The maximum Gasteiger partial charge on any atom is 0.413 e. The third-order valence-corrected chi connectivity index (χ3v) is 7.79. The largest absolute Gasteiger partial charge is 0.497 e. The molecule has 48 heavy (non-hydrogen) atoms. The van der Waals surface area contributed by atoms with E-state index in [-0.39, 0.29) is 24.7 Å². The van der Waals surface area contributed by atoms with E-state index >= 15 is 0 Å². The van der Waals surface area contributed by atoms with Gasteiger partial charge < -0.3 is 30.0 Å². The van der Waals surface area contributed by atoms with Crippen molar-refractivity contribution < 1.29 is 60.9 Å². The Morgan fingerprint density at radius 2 is 1.62 bits per heavy atom. The lowest BCUT2D eigenvalue weighted by Crippen LogP contribution is -2.57. The molecule has 3 atom stereocenters. The molecule has 0 saturated heterocycles. The van der Waals surface area contributed by atoms with Gasteiger partial charge in [-0.15, -0.1) is 0 Å². The fraction of sp³-hybridized carbons (Fsp3) is 0.281. The fourth-order valence-corrected chi connectivity index (χ4v) is 5.51. The van der Waals surface area contributed by atoms with Crippen molar-refractivity contribution in [1.82, 2.24) is 10.6 Å². The zero-order valence-corrected chi connectivity index (χ0v) is 25.1. The van der Waals surface area contributed by atoms with E-state index in [2.05, 4.69) is 15.4 Å². The number of halogens is 4. The van der Waals surface area contributed by atoms with Crippen LogP contribution in [0, 0.1) is 23.3 Å². The first kappa shape index (κ1) is 33.7. The Hall–Kier alpha value is -5.67. The van der Waals surface area contributed by atoms with Crippen LogP contribution in [-0.4, -0.2) is 66.6 Å². The minimum absolute atomic E-state index is 0.0345. The van der Waals surface area contributed by atoms with Crippen molar-refractivity contribution in [1.29, 1.82) is 0 Å². The SMILES string of the molecule is COc1ccc(OC(=O)N[C@H]2CCc3cccc4c3N(C2=O)[C@H](C(=O)NC(CC(=O)O)C(=O)COc2c(F)c(F)cc(F)c2F)C4)cc1. The van der Waals surface area contributed by atoms with Gasteiger partial charge in [-0.25, -0.2) is 13.6 Å². The summed E-state index contributed by atoms with van der Waals surface area (Å²) >= 11 is 0. The fourth-order valence-electron chi connectivity index (χ4n) is 5.51. The quantitative estimate of drug-likeness (QED) is 0.205. The minimum Gasteiger partial charge on any atom is -0.497 e. The van der Waals surface area contributed by atoms with E-state index < -0.39 is 89.8 Å². The lowest BCUT2D eigenvalue weighted by Gasteiger charge is -2.28. The molecule has 0 fully saturated rings. The van der Waals surface area contributed by atoms with Crippen LogP contribution in [0.25, 0.3) is 0 Å². The number of rotatable bonds is 11. The number of methoxy groups -OCH3 is 1. The molecule has 12 nitrogen and oxygen atoms in total. The molecule has 252 valence electrons. The number of nitrogens with one attached hydrogen (secondary N) is 2. The summed E-state index contributed by atoms with van der Waals surface area (Å²) in [4.78, 5) is 65.9. The van der Waals surface area contributed by atoms with Gasteiger partial charge in [0.05, 0.1) is 19.2 Å². The number of aliphatic carboxylic acids is 1. The summed E-state index contributed by atoms with van der Waals surface area (Å²) in [5, 5.41) is 14.2. The zero-order valence-electron chi connectivity index (χ0n) is 25.1. The van der Waals surface area contributed by atoms with Crippen LogP contribution in [0.15, 0.2) is 48.5 Å². The van der Waals surface area contributed by atoms with E-state index in [1.54, 1.807) is 30.3 Å². The predicted molar refractivity (Wildman–Crippen MR) is 157 cm³/mol. The number of nitrogens with zero attached hydrogens (tertiary/aromatic N) is 1. The number of ketones is 1. The summed E-state index contributed by atoms with van der Waals surface area (Å²) < 4.78 is 70.2. The first-order valence-electron chi connectivity index (χ1n) is 14.4. The van der Waals surface area contributed by atoms with Crippen LogP contribution in [0.2, 0.25) is 0 Å². The van der Waals surface area contributed by atoms with Crippen molar-refractivity contribution in [2.45, 2.75) is 43.8 Å². The standard InChI is InChI=1S/C32H27F4N3O9/c1-46-17-6-8-18(9-7-17)48-32(45)38-21-10-5-15-3-2-4-16-11-23(39(28(15)16)31(21)44)30(43)37-22(13-25(41)42)24(40)14-47-29-26(35)19(33)12-20(34)27(29)36/h2-4,6-9,12,21-23H,5,10-11,13-14H2,1H3,(H,37,43)(H,38,45)(H,41,42)/t21-,22?,23-/m0/s1. The van der Waals surface area contributed by atoms with Crippen LogP contribution < -0.4 is 29.7 Å². The normalized spacial score (nSPS) is 17.1. The number of aryl methyl sites for hydroxylation is 1. The molecule has 0 aromatic heterocycles. The van der Waals surface area contributed by atoms with E-state index in [1.807, 2.05) is 0 Å². The average molecular weight is 674 g/mol. The van der Waals surface area contributed by atoms with Crippen molar-refractivity contribution >= 4 is 35.3 Å². The van der Waals surface area contributed by atoms with Crippen LogP contribution in [0.1, 0.15) is 24.0 Å². The number of ether oxygens (including phenoxy) is 3. The van der Waals surface area contributed by atoms with E-state index in [0.717, 1.165) is 0 Å². The van der Waals surface area contributed by atoms with Crippen molar-refractivity contribution in [3.8, 4) is 17.2 Å². The Bertz CT molecular complexity index is 1760. The van der Waals surface area contributed by atoms with Gasteiger partial charge in [0.1, 0.15) is 36.2 Å². The van der Waals surface area contributed by atoms with Gasteiger partial charge in [0.25, 0.3) is 0 Å². The molecule has 5 rings (SSSR count). The van der Waals surface area contributed by atoms with Gasteiger partial charge >= 0.3 is 12.1 Å². The second-order valence-electron chi connectivity index (χ2n) is 10.9. The van der Waals surface area contributed by atoms with Gasteiger partial charge in [-0.1, -0.05) is 18.2 Å². The summed E-state index contributed by atoms with van der Waals surface area (Å²) in [5.74, 6) is -12.7. The van der Waals surface area contributed by atoms with Crippen LogP contribution in [-0.2, 0) is 32.0 Å². The third-order valence-electron chi connectivity index (χ3n) is 7.79. The van der Waals surface area contributed by atoms with Gasteiger partial charge in [0.2, 0.25) is 23.4 Å². The lowest BCUT2D eigenvalue weighted by molar-refractivity contribution is -0.140. The lowest BCUT2D eigenvalue weighted by atomic mass is 10.0. The zero-order chi connectivity index (χ0) is 34.7. The Morgan fingerprint density at radius 1 is 0.979 bits per heavy atom. The molecule has 1 unspecified atom stereocenters. The molecule has 0 bridgehead atoms. The van der Waals surface area contributed by atoms with Gasteiger partial charge in [0.15, 0.2) is 23.2 Å². The third kappa shape index (κ3) is 7.01. The minimum atomic E-state index is -1.92. The molecule has 0 aliphatic carbocycles. The number of carboxylic acid groups (broad SMARTS) is 1. The second-order valence-corrected chi connectivity index (χ2v) is 10.9.